The summed E-state index contributed by atoms with van der Waals surface area (Å²) in [5.41, 5.74) is 9.14. The highest BCUT2D eigenvalue weighted by atomic mass is 32.2. The van der Waals surface area contributed by atoms with E-state index in [1.165, 1.54) is 64.9 Å². The summed E-state index contributed by atoms with van der Waals surface area (Å²) in [5.74, 6) is -4.53. The van der Waals surface area contributed by atoms with Gasteiger partial charge in [-0.15, -0.1) is 11.8 Å². The van der Waals surface area contributed by atoms with Crippen LogP contribution in [0.2, 0.25) is 0 Å². The van der Waals surface area contributed by atoms with Crippen LogP contribution in [-0.2, 0) is 48.4 Å². The largest absolute Gasteiger partial charge is 0.461 e. The number of imide groups is 1. The zero-order chi connectivity index (χ0) is 47.0. The fourth-order valence-corrected chi connectivity index (χ4v) is 8.83. The van der Waals surface area contributed by atoms with Crippen LogP contribution in [0.3, 0.4) is 0 Å². The average Bonchev–Trinajstić information content (AvgIpc) is 3.29. The second-order valence-corrected chi connectivity index (χ2v) is 17.4. The first-order chi connectivity index (χ1) is 31.0. The third kappa shape index (κ3) is 11.2. The maximum atomic E-state index is 14.1. The minimum absolute atomic E-state index is 0.0666. The van der Waals surface area contributed by atoms with Crippen molar-refractivity contribution in [2.75, 3.05) is 37.7 Å². The van der Waals surface area contributed by atoms with Crippen LogP contribution in [0.5, 0.6) is 0 Å². The molecule has 0 aromatic heterocycles. The number of amides is 6. The number of nitrogens with one attached hydrogen (secondary N) is 2. The van der Waals surface area contributed by atoms with E-state index in [4.69, 9.17) is 19.8 Å². The number of ether oxygens (including phenoxy) is 2. The van der Waals surface area contributed by atoms with Crippen molar-refractivity contribution in [2.24, 2.45) is 0 Å². The summed E-state index contributed by atoms with van der Waals surface area (Å²) < 4.78 is 40.9. The van der Waals surface area contributed by atoms with E-state index in [0.29, 0.717) is 34.5 Å². The molecule has 2 saturated heterocycles. The molecule has 4 aromatic carbocycles. The average molecular weight is 927 g/mol. The van der Waals surface area contributed by atoms with E-state index < -0.39 is 75.3 Å². The Morgan fingerprint density at radius 2 is 1.45 bits per heavy atom. The number of benzene rings is 4. The molecule has 3 heterocycles. The topological polar surface area (TPSA) is 252 Å². The molecule has 0 radical (unpaired) electrons. The second-order valence-electron chi connectivity index (χ2n) is 14.9. The number of aryl methyl sites for hydroxylation is 1. The first-order valence-electron chi connectivity index (χ1n) is 20.2. The number of nitrogens with two attached hydrogens (primary N) is 1. The van der Waals surface area contributed by atoms with Crippen LogP contribution < -0.4 is 16.4 Å². The van der Waals surface area contributed by atoms with E-state index in [1.807, 2.05) is 67.6 Å². The van der Waals surface area contributed by atoms with Gasteiger partial charge in [0.05, 0.1) is 4.90 Å². The van der Waals surface area contributed by atoms with Crippen molar-refractivity contribution in [2.45, 2.75) is 49.2 Å². The molecule has 0 spiro atoms. The van der Waals surface area contributed by atoms with E-state index in [0.717, 1.165) is 10.5 Å². The first kappa shape index (κ1) is 47.4. The fraction of sp³-hybridized carbons (Fsp3) is 0.267. The quantitative estimate of drug-likeness (QED) is 0.0522. The maximum absolute atomic E-state index is 14.1. The summed E-state index contributed by atoms with van der Waals surface area (Å²) in [4.78, 5) is 95.6. The summed E-state index contributed by atoms with van der Waals surface area (Å²) >= 11 is 1.24. The van der Waals surface area contributed by atoms with Gasteiger partial charge in [-0.2, -0.15) is 8.42 Å². The van der Waals surface area contributed by atoms with Crippen LogP contribution in [0.1, 0.15) is 48.2 Å². The van der Waals surface area contributed by atoms with Crippen LogP contribution in [-0.4, -0.2) is 113 Å². The number of anilines is 1. The lowest BCUT2D eigenvalue weighted by Gasteiger charge is -2.50. The molecule has 0 saturated carbocycles. The Labute approximate surface area is 378 Å². The van der Waals surface area contributed by atoms with Gasteiger partial charge in [-0.1, -0.05) is 90.5 Å². The number of likely N-dealkylation sites (N-methyl/N-ethyl adjacent to an activating group) is 1. The van der Waals surface area contributed by atoms with Crippen molar-refractivity contribution in [1.82, 2.24) is 25.3 Å². The summed E-state index contributed by atoms with van der Waals surface area (Å²) in [6.45, 7) is 4.87. The lowest BCUT2D eigenvalue weighted by Crippen LogP contribution is -2.71. The van der Waals surface area contributed by atoms with E-state index in [9.17, 15) is 42.0 Å². The zero-order valence-corrected chi connectivity index (χ0v) is 37.0. The third-order valence-electron chi connectivity index (χ3n) is 10.5. The molecule has 18 nitrogen and oxygen atoms in total. The Morgan fingerprint density at radius 3 is 2.00 bits per heavy atom. The Balaban J connectivity index is 0.000000557. The van der Waals surface area contributed by atoms with Gasteiger partial charge in [0.25, 0.3) is 16.0 Å². The molecule has 2 fully saturated rings. The smallest absolute Gasteiger partial charge is 0.356 e. The van der Waals surface area contributed by atoms with Gasteiger partial charge in [-0.05, 0) is 54.8 Å². The van der Waals surface area contributed by atoms with Crippen molar-refractivity contribution < 1.29 is 56.0 Å². The van der Waals surface area contributed by atoms with Crippen LogP contribution in [0.4, 0.5) is 10.5 Å². The number of β-lactam (4-membered cyclic amide) rings is 1. The van der Waals surface area contributed by atoms with Crippen LogP contribution >= 0.6 is 11.8 Å². The van der Waals surface area contributed by atoms with Gasteiger partial charge in [0.1, 0.15) is 29.8 Å². The molecule has 0 aliphatic carbocycles. The number of esters is 2. The van der Waals surface area contributed by atoms with Crippen molar-refractivity contribution >= 4 is 69.2 Å². The Hall–Kier alpha value is -7.03. The summed E-state index contributed by atoms with van der Waals surface area (Å²) in [5, 5.41) is 4.48. The number of hydrogen-bond acceptors (Lipinski definition) is 13. The molecule has 7 rings (SSSR count). The Morgan fingerprint density at radius 1 is 0.846 bits per heavy atom. The Kier molecular flexibility index (Phi) is 15.1. The summed E-state index contributed by atoms with van der Waals surface area (Å²) in [6, 6.07) is 26.7. The number of hydrogen-bond donors (Lipinski definition) is 4. The molecule has 3 aliphatic heterocycles. The molecule has 0 bridgehead atoms. The van der Waals surface area contributed by atoms with Gasteiger partial charge >= 0.3 is 29.8 Å². The standard InChI is InChI=1S/C38H38N6O9S.C7H8O3S/c1-3-42-18-19-43(35(49)34(42)48)38(51)41-28(23-14-16-27(39)17-15-23)32(46)40-29-33(47)44-30(26(20-52-22(2)45)21-54-36(29)44)37(50)53-31(24-10-6-4-7-11-24)25-12-8-5-9-13-25;1-6-2-4-7(5-3-6)11(8,9)10/h4-17,28-29,31,36H,3,18-21,39H2,1-2H3,(H,40,46)(H,41,51);2-5H,1H3,(H,8,9,10)/t28-,29+,36+;/m0./s1. The molecule has 0 unspecified atom stereocenters. The van der Waals surface area contributed by atoms with Crippen LogP contribution in [0.25, 0.3) is 0 Å². The van der Waals surface area contributed by atoms with Crippen molar-refractivity contribution in [1.29, 1.82) is 0 Å². The third-order valence-corrected chi connectivity index (χ3v) is 12.7. The van der Waals surface area contributed by atoms with E-state index in [1.54, 1.807) is 19.1 Å². The second kappa shape index (κ2) is 20.6. The maximum Gasteiger partial charge on any atom is 0.356 e. The number of nitrogen functional groups attached to an aromatic ring is 1. The van der Waals surface area contributed by atoms with Gasteiger partial charge in [0, 0.05) is 43.6 Å². The van der Waals surface area contributed by atoms with E-state index in [-0.39, 0.29) is 36.0 Å². The minimum Gasteiger partial charge on any atom is -0.461 e. The van der Waals surface area contributed by atoms with Gasteiger partial charge in [-0.3, -0.25) is 38.3 Å². The number of rotatable bonds is 12. The highest BCUT2D eigenvalue weighted by Gasteiger charge is 2.55. The summed E-state index contributed by atoms with van der Waals surface area (Å²) in [7, 11) is -4.02. The van der Waals surface area contributed by atoms with E-state index >= 15 is 0 Å². The molecule has 3 atom stereocenters. The highest BCUT2D eigenvalue weighted by molar-refractivity contribution is 8.00. The van der Waals surface area contributed by atoms with Crippen molar-refractivity contribution in [3.8, 4) is 0 Å². The predicted molar refractivity (Wildman–Crippen MR) is 237 cm³/mol. The fourth-order valence-electron chi connectivity index (χ4n) is 7.03. The SMILES string of the molecule is CCN1CCN(C(=O)N[C@H](C(=O)N[C@@H]2C(=O)N3C(C(=O)OC(c4ccccc4)c4ccccc4)=C(COC(C)=O)CS[C@H]23)c2ccc(N)cc2)C(=O)C1=O.Cc1ccc(S(=O)(=O)O)cc1. The molecule has 3 aliphatic rings. The number of carbonyl (C=O) groups is 7. The number of fused-ring (bicyclic) bond motifs is 1. The van der Waals surface area contributed by atoms with E-state index in [2.05, 4.69) is 10.6 Å². The zero-order valence-electron chi connectivity index (χ0n) is 35.4. The normalized spacial score (nSPS) is 17.6. The molecule has 20 heteroatoms. The number of nitrogens with zero attached hydrogens (tertiary/aromatic N) is 3. The lowest BCUT2D eigenvalue weighted by molar-refractivity contribution is -0.155. The first-order valence-corrected chi connectivity index (χ1v) is 22.7. The molecular formula is C45H46N6O12S2. The number of urea groups is 1. The lowest BCUT2D eigenvalue weighted by atomic mass is 10.00. The van der Waals surface area contributed by atoms with Crippen molar-refractivity contribution in [3.05, 3.63) is 143 Å². The Bertz CT molecular complexity index is 2560. The van der Waals surface area contributed by atoms with Crippen molar-refractivity contribution in [3.63, 3.8) is 0 Å². The molecule has 65 heavy (non-hydrogen) atoms. The number of carbonyl (C=O) groups excluding carboxylic acids is 7. The van der Waals surface area contributed by atoms with Gasteiger partial charge in [0.2, 0.25) is 5.91 Å². The highest BCUT2D eigenvalue weighted by Crippen LogP contribution is 2.42. The van der Waals surface area contributed by atoms with Crippen LogP contribution in [0.15, 0.2) is 125 Å². The monoisotopic (exact) mass is 926 g/mol. The molecule has 6 amide bonds. The summed E-state index contributed by atoms with van der Waals surface area (Å²) in [6.07, 6.45) is -0.835. The van der Waals surface area contributed by atoms with Crippen LogP contribution in [0, 0.1) is 6.92 Å². The van der Waals surface area contributed by atoms with Gasteiger partial charge in [-0.25, -0.2) is 9.59 Å². The molecular weight excluding hydrogens is 881 g/mol. The minimum atomic E-state index is -4.02. The van der Waals surface area contributed by atoms with Gasteiger partial charge < -0.3 is 30.7 Å². The number of piperazine rings is 1. The predicted octanol–water partition coefficient (Wildman–Crippen LogP) is 3.50. The molecule has 340 valence electrons. The molecule has 4 aromatic rings. The number of thioether (sulfide) groups is 1. The molecule has 5 N–H and O–H groups in total. The van der Waals surface area contributed by atoms with Gasteiger partial charge in [0.15, 0.2) is 6.10 Å².